The minimum absolute atomic E-state index is 0.0243. The molecule has 1 N–H and O–H groups in total. The normalized spacial score (nSPS) is 14.0. The van der Waals surface area contributed by atoms with Crippen molar-refractivity contribution in [3.63, 3.8) is 0 Å². The number of benzene rings is 2. The summed E-state index contributed by atoms with van der Waals surface area (Å²) in [6.07, 6.45) is 0.311. The maximum Gasteiger partial charge on any atom is 0.322 e. The highest BCUT2D eigenvalue weighted by atomic mass is 32.2. The summed E-state index contributed by atoms with van der Waals surface area (Å²) >= 11 is 0. The van der Waals surface area contributed by atoms with Gasteiger partial charge < -0.3 is 4.74 Å². The van der Waals surface area contributed by atoms with E-state index in [-0.39, 0.29) is 41.2 Å². The molecule has 32 heavy (non-hydrogen) atoms. The quantitative estimate of drug-likeness (QED) is 0.570. The molecule has 2 heterocycles. The molecule has 0 spiro atoms. The number of imide groups is 1. The molecule has 164 valence electrons. The Bertz CT molecular complexity index is 1250. The van der Waals surface area contributed by atoms with Crippen molar-refractivity contribution in [3.05, 3.63) is 66.0 Å². The van der Waals surface area contributed by atoms with Crippen molar-refractivity contribution < 1.29 is 22.7 Å². The highest BCUT2D eigenvalue weighted by Gasteiger charge is 2.30. The molecule has 4 rings (SSSR count). The van der Waals surface area contributed by atoms with E-state index >= 15 is 0 Å². The lowest BCUT2D eigenvalue weighted by Crippen LogP contribution is -2.28. The predicted octanol–water partition coefficient (Wildman–Crippen LogP) is 3.34. The minimum Gasteiger partial charge on any atom is -0.424 e. The molecule has 0 radical (unpaired) electrons. The molecule has 2 amide bonds. The van der Waals surface area contributed by atoms with Crippen LogP contribution in [-0.4, -0.2) is 30.2 Å². The number of ether oxygens (including phenoxy) is 1. The molecule has 0 unspecified atom stereocenters. The standard InChI is InChI=1S/C22H20N4O5S/c1-14-21(15(2)24-22(23-14)31-17-6-4-3-5-7-17)25-32(29,30)18-10-8-16(9-11-18)26-19(27)12-13-20(26)28/h3-11,25H,12-13H2,1-2H3. The molecule has 1 fully saturated rings. The van der Waals surface area contributed by atoms with Crippen molar-refractivity contribution >= 4 is 33.2 Å². The maximum absolute atomic E-state index is 12.9. The molecule has 0 aliphatic carbocycles. The van der Waals surface area contributed by atoms with E-state index in [1.807, 2.05) is 18.2 Å². The summed E-state index contributed by atoms with van der Waals surface area (Å²) < 4.78 is 33.9. The van der Waals surface area contributed by atoms with Crippen LogP contribution in [0, 0.1) is 13.8 Å². The molecule has 0 saturated carbocycles. The van der Waals surface area contributed by atoms with Crippen LogP contribution in [0.4, 0.5) is 11.4 Å². The summed E-state index contributed by atoms with van der Waals surface area (Å²) in [4.78, 5) is 33.3. The molecule has 2 aromatic carbocycles. The van der Waals surface area contributed by atoms with Crippen LogP contribution in [0.3, 0.4) is 0 Å². The van der Waals surface area contributed by atoms with Crippen LogP contribution in [0.1, 0.15) is 24.2 Å². The van der Waals surface area contributed by atoms with Gasteiger partial charge >= 0.3 is 6.01 Å². The zero-order valence-corrected chi connectivity index (χ0v) is 18.2. The fraction of sp³-hybridized carbons (Fsp3) is 0.182. The molecule has 1 aliphatic heterocycles. The predicted molar refractivity (Wildman–Crippen MR) is 117 cm³/mol. The summed E-state index contributed by atoms with van der Waals surface area (Å²) in [6.45, 7) is 3.30. The van der Waals surface area contributed by atoms with Gasteiger partial charge in [-0.25, -0.2) is 8.42 Å². The van der Waals surface area contributed by atoms with E-state index in [9.17, 15) is 18.0 Å². The number of aryl methyl sites for hydroxylation is 2. The van der Waals surface area contributed by atoms with Gasteiger partial charge in [0.1, 0.15) is 5.75 Å². The van der Waals surface area contributed by atoms with Gasteiger partial charge in [0.15, 0.2) is 0 Å². The zero-order valence-electron chi connectivity index (χ0n) is 17.4. The SMILES string of the molecule is Cc1nc(Oc2ccccc2)nc(C)c1NS(=O)(=O)c1ccc(N2C(=O)CCC2=O)cc1. The lowest BCUT2D eigenvalue weighted by Gasteiger charge is -2.16. The van der Waals surface area contributed by atoms with Gasteiger partial charge in [-0.1, -0.05) is 18.2 Å². The number of nitrogens with one attached hydrogen (secondary N) is 1. The Hall–Kier alpha value is -3.79. The van der Waals surface area contributed by atoms with Crippen molar-refractivity contribution in [2.24, 2.45) is 0 Å². The van der Waals surface area contributed by atoms with Gasteiger partial charge in [-0.15, -0.1) is 0 Å². The molecular weight excluding hydrogens is 432 g/mol. The first-order valence-corrected chi connectivity index (χ1v) is 11.3. The molecule has 9 nitrogen and oxygen atoms in total. The van der Waals surface area contributed by atoms with Gasteiger partial charge in [0.05, 0.1) is 27.7 Å². The molecule has 10 heteroatoms. The summed E-state index contributed by atoms with van der Waals surface area (Å²) in [5.41, 5.74) is 1.39. The number of rotatable bonds is 6. The molecule has 0 bridgehead atoms. The Labute approximate surface area is 185 Å². The Balaban J connectivity index is 1.55. The summed E-state index contributed by atoms with van der Waals surface area (Å²) in [6, 6.07) is 14.7. The van der Waals surface area contributed by atoms with Crippen LogP contribution in [-0.2, 0) is 19.6 Å². The van der Waals surface area contributed by atoms with E-state index in [4.69, 9.17) is 4.74 Å². The maximum atomic E-state index is 12.9. The van der Waals surface area contributed by atoms with Gasteiger partial charge in [0.2, 0.25) is 11.8 Å². The van der Waals surface area contributed by atoms with Crippen LogP contribution in [0.15, 0.2) is 59.5 Å². The Morgan fingerprint density at radius 2 is 1.44 bits per heavy atom. The van der Waals surface area contributed by atoms with E-state index in [0.29, 0.717) is 22.8 Å². The van der Waals surface area contributed by atoms with Crippen LogP contribution >= 0.6 is 0 Å². The van der Waals surface area contributed by atoms with E-state index < -0.39 is 10.0 Å². The number of hydrogen-bond acceptors (Lipinski definition) is 7. The molecule has 1 aromatic heterocycles. The first-order chi connectivity index (χ1) is 15.2. The highest BCUT2D eigenvalue weighted by molar-refractivity contribution is 7.92. The number of sulfonamides is 1. The number of aromatic nitrogens is 2. The average Bonchev–Trinajstić information content (AvgIpc) is 3.10. The Morgan fingerprint density at radius 3 is 2.00 bits per heavy atom. The van der Waals surface area contributed by atoms with Crippen molar-refractivity contribution in [1.29, 1.82) is 0 Å². The number of nitrogens with zero attached hydrogens (tertiary/aromatic N) is 3. The first-order valence-electron chi connectivity index (χ1n) is 9.81. The number of amides is 2. The first kappa shape index (κ1) is 21.4. The third-order valence-electron chi connectivity index (χ3n) is 4.90. The number of hydrogen-bond donors (Lipinski definition) is 1. The van der Waals surface area contributed by atoms with E-state index in [1.165, 1.54) is 24.3 Å². The minimum atomic E-state index is -3.96. The van der Waals surface area contributed by atoms with Gasteiger partial charge in [-0.3, -0.25) is 19.2 Å². The fourth-order valence-corrected chi connectivity index (χ4v) is 4.48. The van der Waals surface area contributed by atoms with E-state index in [1.54, 1.807) is 26.0 Å². The lowest BCUT2D eigenvalue weighted by molar-refractivity contribution is -0.121. The van der Waals surface area contributed by atoms with Crippen LogP contribution < -0.4 is 14.4 Å². The molecular formula is C22H20N4O5S. The van der Waals surface area contributed by atoms with Gasteiger partial charge in [-0.2, -0.15) is 9.97 Å². The number of anilines is 2. The van der Waals surface area contributed by atoms with E-state index in [0.717, 1.165) is 4.90 Å². The third-order valence-corrected chi connectivity index (χ3v) is 6.26. The monoisotopic (exact) mass is 452 g/mol. The smallest absolute Gasteiger partial charge is 0.322 e. The van der Waals surface area contributed by atoms with Crippen molar-refractivity contribution in [2.75, 3.05) is 9.62 Å². The van der Waals surface area contributed by atoms with E-state index in [2.05, 4.69) is 14.7 Å². The number of carbonyl (C=O) groups excluding carboxylic acids is 2. The number of carbonyl (C=O) groups is 2. The topological polar surface area (TPSA) is 119 Å². The summed E-state index contributed by atoms with van der Waals surface area (Å²) in [5, 5.41) is 0. The van der Waals surface area contributed by atoms with Crippen molar-refractivity contribution in [1.82, 2.24) is 9.97 Å². The average molecular weight is 452 g/mol. The van der Waals surface area contributed by atoms with Gasteiger partial charge in [0.25, 0.3) is 10.0 Å². The summed E-state index contributed by atoms with van der Waals surface area (Å²) in [7, 11) is -3.96. The molecule has 3 aromatic rings. The summed E-state index contributed by atoms with van der Waals surface area (Å²) in [5.74, 6) is -0.0374. The van der Waals surface area contributed by atoms with Crippen molar-refractivity contribution in [2.45, 2.75) is 31.6 Å². The van der Waals surface area contributed by atoms with Crippen LogP contribution in [0.5, 0.6) is 11.8 Å². The van der Waals surface area contributed by atoms with Crippen molar-refractivity contribution in [3.8, 4) is 11.8 Å². The second-order valence-corrected chi connectivity index (χ2v) is 8.87. The fourth-order valence-electron chi connectivity index (χ4n) is 3.31. The third kappa shape index (κ3) is 4.30. The number of para-hydroxylation sites is 1. The van der Waals surface area contributed by atoms with Gasteiger partial charge in [-0.05, 0) is 50.2 Å². The molecule has 1 saturated heterocycles. The Morgan fingerprint density at radius 1 is 0.875 bits per heavy atom. The van der Waals surface area contributed by atoms with Gasteiger partial charge in [0, 0.05) is 12.8 Å². The largest absolute Gasteiger partial charge is 0.424 e. The lowest BCUT2D eigenvalue weighted by atomic mass is 10.3. The van der Waals surface area contributed by atoms with Crippen LogP contribution in [0.25, 0.3) is 0 Å². The highest BCUT2D eigenvalue weighted by Crippen LogP contribution is 2.27. The second kappa shape index (κ2) is 8.39. The second-order valence-electron chi connectivity index (χ2n) is 7.19. The molecule has 1 aliphatic rings. The zero-order chi connectivity index (χ0) is 22.9. The van der Waals surface area contributed by atoms with Crippen LogP contribution in [0.2, 0.25) is 0 Å². The Kier molecular flexibility index (Phi) is 5.62. The molecule has 0 atom stereocenters.